The van der Waals surface area contributed by atoms with E-state index in [1.165, 1.54) is 0 Å². The molecule has 0 bridgehead atoms. The minimum atomic E-state index is -0.0640. The predicted octanol–water partition coefficient (Wildman–Crippen LogP) is 5.95. The van der Waals surface area contributed by atoms with Crippen LogP contribution in [0.5, 0.6) is 0 Å². The third-order valence-electron chi connectivity index (χ3n) is 5.33. The third-order valence-corrected chi connectivity index (χ3v) is 5.33. The van der Waals surface area contributed by atoms with E-state index >= 15 is 0 Å². The van der Waals surface area contributed by atoms with E-state index in [0.29, 0.717) is 0 Å². The van der Waals surface area contributed by atoms with Crippen molar-refractivity contribution in [1.29, 1.82) is 0 Å². The highest BCUT2D eigenvalue weighted by molar-refractivity contribution is 5.94. The zero-order valence-corrected chi connectivity index (χ0v) is 17.9. The molecule has 0 aliphatic heterocycles. The maximum Gasteiger partial charge on any atom is 0.244 e. The molecule has 0 atom stereocenters. The van der Waals surface area contributed by atoms with Crippen LogP contribution in [-0.4, -0.2) is 15.5 Å². The van der Waals surface area contributed by atoms with Gasteiger partial charge in [0.1, 0.15) is 12.4 Å². The first-order valence-corrected chi connectivity index (χ1v) is 10.3. The van der Waals surface area contributed by atoms with E-state index in [4.69, 9.17) is 4.98 Å². The molecule has 3 aromatic carbocycles. The van der Waals surface area contributed by atoms with Crippen LogP contribution in [0.3, 0.4) is 0 Å². The van der Waals surface area contributed by atoms with Gasteiger partial charge >= 0.3 is 0 Å². The molecule has 0 aliphatic carbocycles. The van der Waals surface area contributed by atoms with Crippen molar-refractivity contribution in [2.24, 2.45) is 0 Å². The minimum Gasteiger partial charge on any atom is -0.324 e. The largest absolute Gasteiger partial charge is 0.324 e. The van der Waals surface area contributed by atoms with Crippen molar-refractivity contribution in [3.05, 3.63) is 83.9 Å². The van der Waals surface area contributed by atoms with Crippen molar-refractivity contribution in [2.75, 3.05) is 5.32 Å². The molecule has 1 N–H and O–H groups in total. The number of aryl methyl sites for hydroxylation is 1. The van der Waals surface area contributed by atoms with Gasteiger partial charge < -0.3 is 9.88 Å². The Kier molecular flexibility index (Phi) is 5.17. The molecule has 1 heterocycles. The summed E-state index contributed by atoms with van der Waals surface area (Å²) in [6.45, 7) is 8.71. The molecular weight excluding hydrogens is 370 g/mol. The summed E-state index contributed by atoms with van der Waals surface area (Å²) in [6.07, 6.45) is 0. The van der Waals surface area contributed by atoms with Gasteiger partial charge in [-0.05, 0) is 35.6 Å². The van der Waals surface area contributed by atoms with Crippen molar-refractivity contribution in [3.63, 3.8) is 0 Å². The van der Waals surface area contributed by atoms with E-state index in [2.05, 4.69) is 32.2 Å². The number of hydrogen-bond acceptors (Lipinski definition) is 2. The molecule has 0 saturated heterocycles. The predicted molar refractivity (Wildman–Crippen MR) is 124 cm³/mol. The molecule has 152 valence electrons. The highest BCUT2D eigenvalue weighted by Gasteiger charge is 2.21. The Hall–Kier alpha value is -3.40. The molecule has 0 spiro atoms. The van der Waals surface area contributed by atoms with Crippen LogP contribution in [0.25, 0.3) is 22.4 Å². The monoisotopic (exact) mass is 397 g/mol. The second-order valence-electron chi connectivity index (χ2n) is 8.67. The number of hydrogen-bond donors (Lipinski definition) is 1. The number of carbonyl (C=O) groups is 1. The van der Waals surface area contributed by atoms with Gasteiger partial charge in [-0.2, -0.15) is 0 Å². The van der Waals surface area contributed by atoms with E-state index in [1.54, 1.807) is 0 Å². The number of aromatic nitrogens is 2. The van der Waals surface area contributed by atoms with Gasteiger partial charge in [-0.1, -0.05) is 81.4 Å². The lowest BCUT2D eigenvalue weighted by Gasteiger charge is -2.24. The highest BCUT2D eigenvalue weighted by atomic mass is 16.1. The van der Waals surface area contributed by atoms with Gasteiger partial charge in [0.15, 0.2) is 0 Å². The van der Waals surface area contributed by atoms with Crippen molar-refractivity contribution < 1.29 is 4.79 Å². The van der Waals surface area contributed by atoms with Gasteiger partial charge in [-0.15, -0.1) is 0 Å². The SMILES string of the molecule is Cc1cccc(C(C)(C)C)c1NC(=O)Cn1c(-c2ccccc2)nc2ccccc21. The van der Waals surface area contributed by atoms with Crippen molar-refractivity contribution in [2.45, 2.75) is 39.7 Å². The molecule has 4 heteroatoms. The number of rotatable bonds is 4. The average molecular weight is 398 g/mol. The molecule has 4 aromatic rings. The Bertz CT molecular complexity index is 1200. The van der Waals surface area contributed by atoms with Gasteiger partial charge in [0.2, 0.25) is 5.91 Å². The molecule has 1 aromatic heterocycles. The van der Waals surface area contributed by atoms with E-state index < -0.39 is 0 Å². The standard InChI is InChI=1S/C26H27N3O/c1-18-11-10-14-20(26(2,3)4)24(18)28-23(30)17-29-22-16-9-8-15-21(22)27-25(29)19-12-6-5-7-13-19/h5-16H,17H2,1-4H3,(H,28,30). The van der Waals surface area contributed by atoms with E-state index in [-0.39, 0.29) is 17.9 Å². The molecule has 1 amide bonds. The lowest BCUT2D eigenvalue weighted by molar-refractivity contribution is -0.116. The first-order valence-electron chi connectivity index (χ1n) is 10.3. The first kappa shape index (κ1) is 19.9. The molecule has 0 saturated carbocycles. The Morgan fingerprint density at radius 3 is 2.37 bits per heavy atom. The number of carbonyl (C=O) groups excluding carboxylic acids is 1. The zero-order chi connectivity index (χ0) is 21.3. The molecule has 0 fully saturated rings. The smallest absolute Gasteiger partial charge is 0.244 e. The summed E-state index contributed by atoms with van der Waals surface area (Å²) in [5.74, 6) is 0.739. The van der Waals surface area contributed by atoms with Crippen LogP contribution < -0.4 is 5.32 Å². The van der Waals surface area contributed by atoms with Crippen LogP contribution in [0.1, 0.15) is 31.9 Å². The normalized spacial score (nSPS) is 11.6. The number of anilines is 1. The molecular formula is C26H27N3O. The number of para-hydroxylation sites is 3. The molecule has 4 rings (SSSR count). The lowest BCUT2D eigenvalue weighted by atomic mass is 9.84. The van der Waals surface area contributed by atoms with Gasteiger partial charge in [-0.3, -0.25) is 4.79 Å². The summed E-state index contributed by atoms with van der Waals surface area (Å²) < 4.78 is 2.00. The Morgan fingerprint density at radius 2 is 1.63 bits per heavy atom. The van der Waals surface area contributed by atoms with Gasteiger partial charge in [0, 0.05) is 11.3 Å². The van der Waals surface area contributed by atoms with Gasteiger partial charge in [-0.25, -0.2) is 4.98 Å². The van der Waals surface area contributed by atoms with Crippen LogP contribution in [0.2, 0.25) is 0 Å². The maximum absolute atomic E-state index is 13.2. The molecule has 0 aliphatic rings. The highest BCUT2D eigenvalue weighted by Crippen LogP contribution is 2.32. The van der Waals surface area contributed by atoms with E-state index in [9.17, 15) is 4.79 Å². The maximum atomic E-state index is 13.2. The number of amides is 1. The van der Waals surface area contributed by atoms with Crippen LogP contribution in [0.4, 0.5) is 5.69 Å². The lowest BCUT2D eigenvalue weighted by Crippen LogP contribution is -2.23. The quantitative estimate of drug-likeness (QED) is 0.463. The fraction of sp³-hybridized carbons (Fsp3) is 0.231. The van der Waals surface area contributed by atoms with Crippen LogP contribution >= 0.6 is 0 Å². The van der Waals surface area contributed by atoms with Crippen LogP contribution in [0, 0.1) is 6.92 Å². The third kappa shape index (κ3) is 3.86. The van der Waals surface area contributed by atoms with Crippen molar-refractivity contribution in [3.8, 4) is 11.4 Å². The van der Waals surface area contributed by atoms with Gasteiger partial charge in [0.05, 0.1) is 11.0 Å². The van der Waals surface area contributed by atoms with Crippen molar-refractivity contribution in [1.82, 2.24) is 9.55 Å². The Balaban J connectivity index is 1.72. The first-order chi connectivity index (χ1) is 14.3. The fourth-order valence-electron chi connectivity index (χ4n) is 3.82. The molecule has 0 radical (unpaired) electrons. The summed E-state index contributed by atoms with van der Waals surface area (Å²) in [4.78, 5) is 18.0. The number of imidazole rings is 1. The van der Waals surface area contributed by atoms with E-state index in [0.717, 1.165) is 39.2 Å². The second-order valence-corrected chi connectivity index (χ2v) is 8.67. The van der Waals surface area contributed by atoms with Crippen LogP contribution in [0.15, 0.2) is 72.8 Å². The number of benzene rings is 3. The molecule has 0 unspecified atom stereocenters. The van der Waals surface area contributed by atoms with Gasteiger partial charge in [0.25, 0.3) is 0 Å². The Labute approximate surface area is 177 Å². The second kappa shape index (κ2) is 7.79. The zero-order valence-electron chi connectivity index (χ0n) is 17.9. The molecule has 4 nitrogen and oxygen atoms in total. The number of nitrogens with one attached hydrogen (secondary N) is 1. The summed E-state index contributed by atoms with van der Waals surface area (Å²) in [7, 11) is 0. The van der Waals surface area contributed by atoms with E-state index in [1.807, 2.05) is 78.2 Å². The Morgan fingerprint density at radius 1 is 0.933 bits per heavy atom. The summed E-state index contributed by atoms with van der Waals surface area (Å²) in [6, 6.07) is 24.1. The van der Waals surface area contributed by atoms with Crippen LogP contribution in [-0.2, 0) is 16.8 Å². The summed E-state index contributed by atoms with van der Waals surface area (Å²) >= 11 is 0. The van der Waals surface area contributed by atoms with Crippen molar-refractivity contribution >= 4 is 22.6 Å². The topological polar surface area (TPSA) is 46.9 Å². The number of nitrogens with zero attached hydrogens (tertiary/aromatic N) is 2. The summed E-state index contributed by atoms with van der Waals surface area (Å²) in [5.41, 5.74) is 5.87. The fourth-order valence-corrected chi connectivity index (χ4v) is 3.82. The molecule has 30 heavy (non-hydrogen) atoms. The summed E-state index contributed by atoms with van der Waals surface area (Å²) in [5, 5.41) is 3.18. The minimum absolute atomic E-state index is 0.0601. The average Bonchev–Trinajstić information content (AvgIpc) is 3.08. The number of fused-ring (bicyclic) bond motifs is 1.